The Bertz CT molecular complexity index is 1050. The van der Waals surface area contributed by atoms with E-state index in [0.717, 1.165) is 11.3 Å². The fourth-order valence-corrected chi connectivity index (χ4v) is 4.57. The van der Waals surface area contributed by atoms with E-state index < -0.39 is 17.2 Å². The van der Waals surface area contributed by atoms with Gasteiger partial charge in [-0.2, -0.15) is 0 Å². The van der Waals surface area contributed by atoms with Gasteiger partial charge < -0.3 is 15.1 Å². The minimum Gasteiger partial charge on any atom is -0.368 e. The molecule has 0 aliphatic carbocycles. The van der Waals surface area contributed by atoms with Crippen LogP contribution in [0, 0.1) is 0 Å². The molecule has 0 radical (unpaired) electrons. The second-order valence-corrected chi connectivity index (χ2v) is 8.46. The van der Waals surface area contributed by atoms with Crippen LogP contribution in [0.3, 0.4) is 0 Å². The molecule has 8 heteroatoms. The van der Waals surface area contributed by atoms with Crippen LogP contribution < -0.4 is 15.5 Å². The highest BCUT2D eigenvalue weighted by molar-refractivity contribution is 6.39. The molecule has 2 aliphatic heterocycles. The quantitative estimate of drug-likeness (QED) is 0.551. The molecule has 0 bridgehead atoms. The Morgan fingerprint density at radius 3 is 2.24 bits per heavy atom. The molecule has 1 atom stereocenters. The lowest BCUT2D eigenvalue weighted by Gasteiger charge is -2.35. The summed E-state index contributed by atoms with van der Waals surface area (Å²) in [7, 11) is 0. The molecule has 2 N–H and O–H groups in total. The number of benzene rings is 2. The first-order valence-electron chi connectivity index (χ1n) is 11.3. The lowest BCUT2D eigenvalue weighted by molar-refractivity contribution is -0.143. The molecule has 2 aliphatic rings. The average molecular weight is 449 g/mol. The summed E-state index contributed by atoms with van der Waals surface area (Å²) < 4.78 is 0. The first-order valence-corrected chi connectivity index (χ1v) is 11.3. The molecule has 2 fully saturated rings. The normalized spacial score (nSPS) is 20.9. The fourth-order valence-electron chi connectivity index (χ4n) is 4.57. The SMILES string of the molecule is CCC1(c2ccc(NC(=O)C(=O)N3CCN(c4ccccc4)CC3)cc2)CCC(=O)NC1=O. The number of para-hydroxylation sites is 1. The molecule has 4 rings (SSSR count). The summed E-state index contributed by atoms with van der Waals surface area (Å²) in [5.41, 5.74) is 1.62. The topological polar surface area (TPSA) is 98.8 Å². The van der Waals surface area contributed by atoms with Gasteiger partial charge >= 0.3 is 11.8 Å². The van der Waals surface area contributed by atoms with Gasteiger partial charge in [0.15, 0.2) is 0 Å². The van der Waals surface area contributed by atoms with Gasteiger partial charge in [-0.3, -0.25) is 24.5 Å². The van der Waals surface area contributed by atoms with E-state index >= 15 is 0 Å². The maximum atomic E-state index is 12.6. The van der Waals surface area contributed by atoms with Crippen molar-refractivity contribution in [3.05, 3.63) is 60.2 Å². The molecule has 0 aromatic heterocycles. The van der Waals surface area contributed by atoms with E-state index in [1.54, 1.807) is 29.2 Å². The maximum Gasteiger partial charge on any atom is 0.313 e. The van der Waals surface area contributed by atoms with E-state index in [1.807, 2.05) is 37.3 Å². The van der Waals surface area contributed by atoms with Crippen LogP contribution >= 0.6 is 0 Å². The van der Waals surface area contributed by atoms with Gasteiger partial charge in [0, 0.05) is 44.0 Å². The van der Waals surface area contributed by atoms with E-state index in [9.17, 15) is 19.2 Å². The zero-order valence-electron chi connectivity index (χ0n) is 18.7. The smallest absolute Gasteiger partial charge is 0.313 e. The average Bonchev–Trinajstić information content (AvgIpc) is 2.85. The minimum atomic E-state index is -0.759. The van der Waals surface area contributed by atoms with E-state index in [-0.39, 0.29) is 11.8 Å². The summed E-state index contributed by atoms with van der Waals surface area (Å²) >= 11 is 0. The van der Waals surface area contributed by atoms with Crippen molar-refractivity contribution < 1.29 is 19.2 Å². The first kappa shape index (κ1) is 22.5. The van der Waals surface area contributed by atoms with Gasteiger partial charge in [0.1, 0.15) is 0 Å². The highest BCUT2D eigenvalue weighted by Crippen LogP contribution is 2.36. The molecule has 4 amide bonds. The monoisotopic (exact) mass is 448 g/mol. The summed E-state index contributed by atoms with van der Waals surface area (Å²) in [6.45, 7) is 4.21. The van der Waals surface area contributed by atoms with Crippen molar-refractivity contribution >= 4 is 35.0 Å². The van der Waals surface area contributed by atoms with E-state index in [0.29, 0.717) is 51.1 Å². The van der Waals surface area contributed by atoms with Gasteiger partial charge in [-0.15, -0.1) is 0 Å². The molecule has 2 aromatic carbocycles. The van der Waals surface area contributed by atoms with Crippen LogP contribution in [-0.2, 0) is 24.6 Å². The number of piperidine rings is 1. The summed E-state index contributed by atoms with van der Waals surface area (Å²) in [5, 5.41) is 5.09. The number of nitrogens with one attached hydrogen (secondary N) is 2. The minimum absolute atomic E-state index is 0.254. The van der Waals surface area contributed by atoms with Crippen molar-refractivity contribution in [3.63, 3.8) is 0 Å². The number of carbonyl (C=O) groups is 4. The van der Waals surface area contributed by atoms with Gasteiger partial charge in [-0.05, 0) is 42.7 Å². The van der Waals surface area contributed by atoms with Gasteiger partial charge in [0.25, 0.3) is 0 Å². The number of carbonyl (C=O) groups excluding carboxylic acids is 4. The Kier molecular flexibility index (Phi) is 6.44. The zero-order chi connectivity index (χ0) is 23.4. The lowest BCUT2D eigenvalue weighted by atomic mass is 9.72. The molecular weight excluding hydrogens is 420 g/mol. The Labute approximate surface area is 192 Å². The number of piperazine rings is 1. The summed E-state index contributed by atoms with van der Waals surface area (Å²) in [6, 6.07) is 16.9. The van der Waals surface area contributed by atoms with E-state index in [1.165, 1.54) is 0 Å². The third-order valence-corrected chi connectivity index (χ3v) is 6.65. The number of anilines is 2. The lowest BCUT2D eigenvalue weighted by Crippen LogP contribution is -2.51. The Balaban J connectivity index is 1.35. The van der Waals surface area contributed by atoms with Crippen molar-refractivity contribution in [2.75, 3.05) is 36.4 Å². The van der Waals surface area contributed by atoms with Crippen molar-refractivity contribution in [2.24, 2.45) is 0 Å². The molecule has 0 spiro atoms. The Morgan fingerprint density at radius 2 is 1.64 bits per heavy atom. The third kappa shape index (κ3) is 4.60. The Hall–Kier alpha value is -3.68. The number of nitrogens with zero attached hydrogens (tertiary/aromatic N) is 2. The van der Waals surface area contributed by atoms with Crippen LogP contribution in [0.1, 0.15) is 31.7 Å². The molecule has 2 aromatic rings. The van der Waals surface area contributed by atoms with Crippen LogP contribution in [0.5, 0.6) is 0 Å². The molecule has 8 nitrogen and oxygen atoms in total. The molecule has 1 unspecified atom stereocenters. The first-order chi connectivity index (χ1) is 15.9. The van der Waals surface area contributed by atoms with Crippen molar-refractivity contribution in [1.82, 2.24) is 10.2 Å². The second-order valence-electron chi connectivity index (χ2n) is 8.46. The molecule has 0 saturated carbocycles. The van der Waals surface area contributed by atoms with Crippen LogP contribution in [0.25, 0.3) is 0 Å². The zero-order valence-corrected chi connectivity index (χ0v) is 18.7. The maximum absolute atomic E-state index is 12.6. The predicted molar refractivity (Wildman–Crippen MR) is 125 cm³/mol. The number of rotatable bonds is 4. The van der Waals surface area contributed by atoms with Crippen molar-refractivity contribution in [2.45, 2.75) is 31.6 Å². The summed E-state index contributed by atoms with van der Waals surface area (Å²) in [4.78, 5) is 53.0. The van der Waals surface area contributed by atoms with Crippen molar-refractivity contribution in [3.8, 4) is 0 Å². The number of hydrogen-bond acceptors (Lipinski definition) is 5. The van der Waals surface area contributed by atoms with Crippen LogP contribution in [0.4, 0.5) is 11.4 Å². The van der Waals surface area contributed by atoms with Crippen LogP contribution in [0.2, 0.25) is 0 Å². The fraction of sp³-hybridized carbons (Fsp3) is 0.360. The number of imide groups is 1. The molecule has 33 heavy (non-hydrogen) atoms. The second kappa shape index (κ2) is 9.44. The molecule has 2 saturated heterocycles. The number of hydrogen-bond donors (Lipinski definition) is 2. The van der Waals surface area contributed by atoms with Gasteiger partial charge in [0.05, 0.1) is 5.41 Å². The third-order valence-electron chi connectivity index (χ3n) is 6.65. The van der Waals surface area contributed by atoms with Crippen molar-refractivity contribution in [1.29, 1.82) is 0 Å². The molecule has 2 heterocycles. The van der Waals surface area contributed by atoms with Gasteiger partial charge in [0.2, 0.25) is 11.8 Å². The van der Waals surface area contributed by atoms with E-state index in [2.05, 4.69) is 15.5 Å². The highest BCUT2D eigenvalue weighted by atomic mass is 16.2. The van der Waals surface area contributed by atoms with Gasteiger partial charge in [-0.25, -0.2) is 0 Å². The van der Waals surface area contributed by atoms with Gasteiger partial charge in [-0.1, -0.05) is 37.3 Å². The Morgan fingerprint density at radius 1 is 0.970 bits per heavy atom. The number of amides is 4. The standard InChI is InChI=1S/C25H28N4O4/c1-2-25(13-12-21(30)27-24(25)33)18-8-10-19(11-9-18)26-22(31)23(32)29-16-14-28(15-17-29)20-6-4-3-5-7-20/h3-11H,2,12-17H2,1H3,(H,26,31)(H,27,30,33). The highest BCUT2D eigenvalue weighted by Gasteiger charge is 2.42. The van der Waals surface area contributed by atoms with E-state index in [4.69, 9.17) is 0 Å². The predicted octanol–water partition coefficient (Wildman–Crippen LogP) is 2.06. The summed E-state index contributed by atoms with van der Waals surface area (Å²) in [5.74, 6) is -1.77. The summed E-state index contributed by atoms with van der Waals surface area (Å²) in [6.07, 6.45) is 1.31. The molecular formula is C25H28N4O4. The molecule has 172 valence electrons. The van der Waals surface area contributed by atoms with Crippen LogP contribution in [-0.4, -0.2) is 54.7 Å². The largest absolute Gasteiger partial charge is 0.368 e. The van der Waals surface area contributed by atoms with Crippen LogP contribution in [0.15, 0.2) is 54.6 Å².